The lowest BCUT2D eigenvalue weighted by Gasteiger charge is -2.33. The van der Waals surface area contributed by atoms with Crippen LogP contribution in [-0.4, -0.2) is 49.3 Å². The number of rotatable bonds is 8. The molecule has 0 spiro atoms. The zero-order valence-corrected chi connectivity index (χ0v) is 10.2. The molecule has 0 aromatic carbocycles. The van der Waals surface area contributed by atoms with Gasteiger partial charge in [-0.25, -0.2) is 0 Å². The van der Waals surface area contributed by atoms with Crippen molar-refractivity contribution >= 4 is 0 Å². The van der Waals surface area contributed by atoms with Crippen molar-refractivity contribution in [3.05, 3.63) is 0 Å². The molecule has 0 aromatic heterocycles. The van der Waals surface area contributed by atoms with Crippen LogP contribution in [0.15, 0.2) is 0 Å². The van der Waals surface area contributed by atoms with Gasteiger partial charge in [-0.2, -0.15) is 0 Å². The molecule has 1 fully saturated rings. The lowest BCUT2D eigenvalue weighted by Crippen LogP contribution is -2.42. The fraction of sp³-hybridized carbons (Fsp3) is 1.00. The van der Waals surface area contributed by atoms with Gasteiger partial charge >= 0.3 is 0 Å². The molecular weight excluding hydrogens is 188 g/mol. The first-order valence-corrected chi connectivity index (χ1v) is 6.30. The molecule has 0 radical (unpaired) electrons. The van der Waals surface area contributed by atoms with Gasteiger partial charge in [0.25, 0.3) is 0 Å². The summed E-state index contributed by atoms with van der Waals surface area (Å²) in [6.07, 6.45) is 5.12. The topological polar surface area (TPSA) is 35.5 Å². The Morgan fingerprint density at radius 3 is 2.60 bits per heavy atom. The van der Waals surface area contributed by atoms with Crippen molar-refractivity contribution in [3.8, 4) is 0 Å². The number of likely N-dealkylation sites (N-methyl/N-ethyl adjacent to an activating group) is 2. The highest BCUT2D eigenvalue weighted by atomic mass is 16.3. The van der Waals surface area contributed by atoms with E-state index in [0.717, 1.165) is 25.4 Å². The first kappa shape index (κ1) is 12.9. The van der Waals surface area contributed by atoms with E-state index in [9.17, 15) is 0 Å². The number of nitrogens with one attached hydrogen (secondary N) is 1. The van der Waals surface area contributed by atoms with Crippen LogP contribution in [0.25, 0.3) is 0 Å². The summed E-state index contributed by atoms with van der Waals surface area (Å²) in [5, 5.41) is 12.2. The average molecular weight is 214 g/mol. The molecule has 0 aliphatic heterocycles. The Hall–Kier alpha value is -0.120. The van der Waals surface area contributed by atoms with E-state index in [1.54, 1.807) is 0 Å². The second-order valence-electron chi connectivity index (χ2n) is 4.65. The Bertz CT molecular complexity index is 160. The summed E-state index contributed by atoms with van der Waals surface area (Å²) in [7, 11) is 1.98. The summed E-state index contributed by atoms with van der Waals surface area (Å²) in [6, 6.07) is 0.440. The quantitative estimate of drug-likeness (QED) is 0.634. The van der Waals surface area contributed by atoms with E-state index in [1.807, 2.05) is 7.05 Å². The van der Waals surface area contributed by atoms with Crippen LogP contribution < -0.4 is 5.32 Å². The van der Waals surface area contributed by atoms with E-state index in [2.05, 4.69) is 17.1 Å². The smallest absolute Gasteiger partial charge is 0.0446 e. The lowest BCUT2D eigenvalue weighted by molar-refractivity contribution is 0.162. The minimum Gasteiger partial charge on any atom is -0.396 e. The molecule has 1 atom stereocenters. The molecule has 2 N–H and O–H groups in total. The number of nitrogens with zero attached hydrogens (tertiary/aromatic N) is 1. The molecule has 0 heterocycles. The molecule has 1 aliphatic rings. The van der Waals surface area contributed by atoms with Gasteiger partial charge in [-0.15, -0.1) is 0 Å². The fourth-order valence-electron chi connectivity index (χ4n) is 2.17. The summed E-state index contributed by atoms with van der Waals surface area (Å²) < 4.78 is 0. The van der Waals surface area contributed by atoms with Crippen LogP contribution in [0.4, 0.5) is 0 Å². The van der Waals surface area contributed by atoms with E-state index in [4.69, 9.17) is 5.11 Å². The Morgan fingerprint density at radius 2 is 2.20 bits per heavy atom. The van der Waals surface area contributed by atoms with Gasteiger partial charge < -0.3 is 15.3 Å². The van der Waals surface area contributed by atoms with Crippen LogP contribution in [0.5, 0.6) is 0 Å². The highest BCUT2D eigenvalue weighted by molar-refractivity contribution is 4.76. The van der Waals surface area contributed by atoms with Crippen molar-refractivity contribution in [1.82, 2.24) is 10.2 Å². The molecule has 0 amide bonds. The van der Waals surface area contributed by atoms with E-state index in [-0.39, 0.29) is 6.61 Å². The highest BCUT2D eigenvalue weighted by Gasteiger charge is 2.21. The minimum atomic E-state index is 0.284. The van der Waals surface area contributed by atoms with Crippen LogP contribution in [0.3, 0.4) is 0 Å². The summed E-state index contributed by atoms with van der Waals surface area (Å²) in [6.45, 7) is 5.96. The first-order valence-electron chi connectivity index (χ1n) is 6.30. The molecule has 3 heteroatoms. The molecule has 1 saturated carbocycles. The van der Waals surface area contributed by atoms with Gasteiger partial charge in [0.15, 0.2) is 0 Å². The van der Waals surface area contributed by atoms with Crippen LogP contribution in [0.1, 0.15) is 32.6 Å². The molecule has 1 rings (SSSR count). The van der Waals surface area contributed by atoms with E-state index in [0.29, 0.717) is 6.04 Å². The average Bonchev–Trinajstić information content (AvgIpc) is 2.20. The molecule has 1 unspecified atom stereocenters. The minimum absolute atomic E-state index is 0.284. The largest absolute Gasteiger partial charge is 0.396 e. The summed E-state index contributed by atoms with van der Waals surface area (Å²) >= 11 is 0. The molecule has 0 aromatic rings. The third-order valence-electron chi connectivity index (χ3n) is 3.55. The maximum atomic E-state index is 8.93. The lowest BCUT2D eigenvalue weighted by atomic mass is 9.85. The van der Waals surface area contributed by atoms with Gasteiger partial charge in [-0.05, 0) is 38.8 Å². The van der Waals surface area contributed by atoms with Gasteiger partial charge in [-0.3, -0.25) is 0 Å². The Morgan fingerprint density at radius 1 is 1.47 bits per heavy atom. The van der Waals surface area contributed by atoms with Gasteiger partial charge in [0.2, 0.25) is 0 Å². The third kappa shape index (κ3) is 4.49. The van der Waals surface area contributed by atoms with E-state index in [1.165, 1.54) is 25.8 Å². The van der Waals surface area contributed by atoms with Crippen LogP contribution in [-0.2, 0) is 0 Å². The first-order chi connectivity index (χ1) is 7.30. The van der Waals surface area contributed by atoms with Crippen molar-refractivity contribution in [2.24, 2.45) is 5.92 Å². The highest BCUT2D eigenvalue weighted by Crippen LogP contribution is 2.27. The summed E-state index contributed by atoms with van der Waals surface area (Å²) in [4.78, 5) is 2.51. The molecular formula is C12H26N2O. The van der Waals surface area contributed by atoms with Crippen molar-refractivity contribution in [1.29, 1.82) is 0 Å². The number of aliphatic hydroxyl groups excluding tert-OH is 1. The fourth-order valence-corrected chi connectivity index (χ4v) is 2.17. The molecule has 1 aliphatic carbocycles. The third-order valence-corrected chi connectivity index (χ3v) is 3.55. The zero-order chi connectivity index (χ0) is 11.1. The molecule has 0 bridgehead atoms. The standard InChI is InChI=1S/C12H26N2O/c1-3-14(9-11-5-4-6-11)10-12(13-2)7-8-15/h11-13,15H,3-10H2,1-2H3. The second-order valence-corrected chi connectivity index (χ2v) is 4.65. The molecule has 3 nitrogen and oxygen atoms in total. The Balaban J connectivity index is 2.23. The SMILES string of the molecule is CCN(CC1CCC1)CC(CCO)NC. The summed E-state index contributed by atoms with van der Waals surface area (Å²) in [5.41, 5.74) is 0. The van der Waals surface area contributed by atoms with Gasteiger partial charge in [0.1, 0.15) is 0 Å². The second kappa shape index (κ2) is 7.20. The van der Waals surface area contributed by atoms with Gasteiger partial charge in [0.05, 0.1) is 0 Å². The Kier molecular flexibility index (Phi) is 6.22. The van der Waals surface area contributed by atoms with Crippen molar-refractivity contribution in [2.75, 3.05) is 33.3 Å². The van der Waals surface area contributed by atoms with Gasteiger partial charge in [0, 0.05) is 25.7 Å². The van der Waals surface area contributed by atoms with Crippen LogP contribution in [0, 0.1) is 5.92 Å². The van der Waals surface area contributed by atoms with Crippen molar-refractivity contribution in [2.45, 2.75) is 38.6 Å². The van der Waals surface area contributed by atoms with Crippen LogP contribution in [0.2, 0.25) is 0 Å². The molecule has 0 saturated heterocycles. The monoisotopic (exact) mass is 214 g/mol. The number of aliphatic hydroxyl groups is 1. The normalized spacial score (nSPS) is 19.2. The zero-order valence-electron chi connectivity index (χ0n) is 10.2. The van der Waals surface area contributed by atoms with Crippen molar-refractivity contribution < 1.29 is 5.11 Å². The maximum Gasteiger partial charge on any atom is 0.0446 e. The molecule has 90 valence electrons. The number of hydrogen-bond donors (Lipinski definition) is 2. The van der Waals surface area contributed by atoms with Crippen molar-refractivity contribution in [3.63, 3.8) is 0 Å². The molecule has 15 heavy (non-hydrogen) atoms. The van der Waals surface area contributed by atoms with Crippen LogP contribution >= 0.6 is 0 Å². The van der Waals surface area contributed by atoms with E-state index >= 15 is 0 Å². The van der Waals surface area contributed by atoms with E-state index < -0.39 is 0 Å². The Labute approximate surface area is 93.9 Å². The maximum absolute atomic E-state index is 8.93. The predicted octanol–water partition coefficient (Wildman–Crippen LogP) is 1.08. The van der Waals surface area contributed by atoms with Gasteiger partial charge in [-0.1, -0.05) is 13.3 Å². The summed E-state index contributed by atoms with van der Waals surface area (Å²) in [5.74, 6) is 0.941. The number of hydrogen-bond acceptors (Lipinski definition) is 3. The predicted molar refractivity (Wildman–Crippen MR) is 64.0 cm³/mol.